The van der Waals surface area contributed by atoms with Crippen molar-refractivity contribution >= 4 is 39.9 Å². The Balaban J connectivity index is 1.62. The van der Waals surface area contributed by atoms with Gasteiger partial charge in [-0.25, -0.2) is 4.98 Å². The molecule has 1 atom stereocenters. The highest BCUT2D eigenvalue weighted by atomic mass is 35.5. The fourth-order valence-corrected chi connectivity index (χ4v) is 4.62. The number of carbonyl (C=O) groups excluding carboxylic acids is 1. The Morgan fingerprint density at radius 3 is 2.50 bits per heavy atom. The predicted molar refractivity (Wildman–Crippen MR) is 119 cm³/mol. The quantitative estimate of drug-likeness (QED) is 0.516. The molecule has 30 heavy (non-hydrogen) atoms. The molecular formula is C23H21ClN2O3S. The number of hydrogen-bond donors (Lipinski definition) is 1. The highest BCUT2D eigenvalue weighted by molar-refractivity contribution is 7.14. The number of thiazole rings is 1. The van der Waals surface area contributed by atoms with E-state index in [0.29, 0.717) is 16.6 Å². The maximum atomic E-state index is 13.5. The zero-order valence-electron chi connectivity index (χ0n) is 16.2. The number of aromatic nitrogens is 1. The zero-order valence-corrected chi connectivity index (χ0v) is 17.8. The van der Waals surface area contributed by atoms with E-state index in [0.717, 1.165) is 29.7 Å². The van der Waals surface area contributed by atoms with E-state index in [2.05, 4.69) is 4.98 Å². The van der Waals surface area contributed by atoms with Crippen LogP contribution in [0, 0.1) is 5.92 Å². The van der Waals surface area contributed by atoms with Crippen LogP contribution in [0.1, 0.15) is 24.8 Å². The van der Waals surface area contributed by atoms with Gasteiger partial charge in [0, 0.05) is 22.0 Å². The summed E-state index contributed by atoms with van der Waals surface area (Å²) in [5.41, 5.74) is 2.48. The van der Waals surface area contributed by atoms with E-state index in [1.54, 1.807) is 4.90 Å². The van der Waals surface area contributed by atoms with Crippen LogP contribution in [0.2, 0.25) is 5.02 Å². The minimum Gasteiger partial charge on any atom is -0.481 e. The Morgan fingerprint density at radius 2 is 1.83 bits per heavy atom. The van der Waals surface area contributed by atoms with Crippen LogP contribution in [0.15, 0.2) is 60.0 Å². The summed E-state index contributed by atoms with van der Waals surface area (Å²) in [5, 5.41) is 12.5. The summed E-state index contributed by atoms with van der Waals surface area (Å²) >= 11 is 7.69. The number of amides is 1. The number of carboxylic acid groups (broad SMARTS) is 1. The summed E-state index contributed by atoms with van der Waals surface area (Å²) in [4.78, 5) is 31.4. The first kappa shape index (κ1) is 20.6. The molecular weight excluding hydrogens is 420 g/mol. The van der Waals surface area contributed by atoms with Crippen molar-refractivity contribution in [3.8, 4) is 11.3 Å². The normalized spacial score (nSPS) is 14.3. The Hall–Kier alpha value is -2.70. The molecule has 0 radical (unpaired) electrons. The van der Waals surface area contributed by atoms with Crippen LogP contribution in [0.5, 0.6) is 0 Å². The van der Waals surface area contributed by atoms with Gasteiger partial charge in [0.2, 0.25) is 5.91 Å². The first-order chi connectivity index (χ1) is 14.5. The van der Waals surface area contributed by atoms with Crippen LogP contribution in [0.25, 0.3) is 11.3 Å². The predicted octanol–water partition coefficient (Wildman–Crippen LogP) is 5.29. The van der Waals surface area contributed by atoms with Crippen molar-refractivity contribution in [3.63, 3.8) is 0 Å². The van der Waals surface area contributed by atoms with Crippen LogP contribution in [-0.4, -0.2) is 28.0 Å². The van der Waals surface area contributed by atoms with Gasteiger partial charge in [-0.15, -0.1) is 11.3 Å². The molecule has 7 heteroatoms. The van der Waals surface area contributed by atoms with E-state index < -0.39 is 11.9 Å². The molecule has 1 fully saturated rings. The standard InChI is InChI=1S/C23H21ClN2O3S/c24-19-9-5-4-8-18(19)20-14-30-23(25-20)26(17-10-11-17)22(29)16(13-21(27)28)12-15-6-2-1-3-7-15/h1-9,14,16-17H,10-13H2,(H,27,28). The van der Waals surface area contributed by atoms with Gasteiger partial charge in [-0.2, -0.15) is 0 Å². The van der Waals surface area contributed by atoms with Gasteiger partial charge in [0.1, 0.15) is 0 Å². The lowest BCUT2D eigenvalue weighted by atomic mass is 9.94. The van der Waals surface area contributed by atoms with E-state index in [1.807, 2.05) is 60.0 Å². The van der Waals surface area contributed by atoms with Gasteiger partial charge in [-0.1, -0.05) is 60.1 Å². The monoisotopic (exact) mass is 440 g/mol. The van der Waals surface area contributed by atoms with Crippen LogP contribution in [0.4, 0.5) is 5.13 Å². The molecule has 1 unspecified atom stereocenters. The van der Waals surface area contributed by atoms with E-state index in [4.69, 9.17) is 11.6 Å². The third kappa shape index (κ3) is 4.71. The Bertz CT molecular complexity index is 1050. The number of aliphatic carboxylic acids is 1. The second-order valence-electron chi connectivity index (χ2n) is 7.42. The van der Waals surface area contributed by atoms with Gasteiger partial charge in [0.25, 0.3) is 0 Å². The van der Waals surface area contributed by atoms with Gasteiger partial charge < -0.3 is 5.11 Å². The van der Waals surface area contributed by atoms with E-state index in [1.165, 1.54) is 11.3 Å². The SMILES string of the molecule is O=C(O)CC(Cc1ccccc1)C(=O)N(c1nc(-c2ccccc2Cl)cs1)C1CC1. The number of benzene rings is 2. The van der Waals surface area contributed by atoms with Crippen LogP contribution in [-0.2, 0) is 16.0 Å². The molecule has 1 amide bonds. The molecule has 0 aliphatic heterocycles. The summed E-state index contributed by atoms with van der Waals surface area (Å²) in [6.07, 6.45) is 1.98. The van der Waals surface area contributed by atoms with Crippen LogP contribution >= 0.6 is 22.9 Å². The lowest BCUT2D eigenvalue weighted by Crippen LogP contribution is -2.39. The molecule has 3 aromatic rings. The Kier molecular flexibility index (Phi) is 6.16. The highest BCUT2D eigenvalue weighted by Gasteiger charge is 2.39. The number of halogens is 1. The smallest absolute Gasteiger partial charge is 0.304 e. The molecule has 1 N–H and O–H groups in total. The zero-order chi connectivity index (χ0) is 21.1. The van der Waals surface area contributed by atoms with Gasteiger partial charge in [0.15, 0.2) is 5.13 Å². The minimum absolute atomic E-state index is 0.0785. The van der Waals surface area contributed by atoms with E-state index in [9.17, 15) is 14.7 Å². The molecule has 1 heterocycles. The average Bonchev–Trinajstić information content (AvgIpc) is 3.45. The number of hydrogen-bond acceptors (Lipinski definition) is 4. The fourth-order valence-electron chi connectivity index (χ4n) is 3.48. The van der Waals surface area contributed by atoms with Gasteiger partial charge in [-0.05, 0) is 30.9 Å². The summed E-state index contributed by atoms with van der Waals surface area (Å²) in [5.74, 6) is -1.79. The van der Waals surface area contributed by atoms with Crippen LogP contribution in [0.3, 0.4) is 0 Å². The molecule has 2 aromatic carbocycles. The van der Waals surface area contributed by atoms with Crippen molar-refractivity contribution in [2.75, 3.05) is 4.90 Å². The maximum absolute atomic E-state index is 13.5. The molecule has 5 nitrogen and oxygen atoms in total. The minimum atomic E-state index is -0.976. The third-order valence-corrected chi connectivity index (χ3v) is 6.26. The van der Waals surface area contributed by atoms with Crippen molar-refractivity contribution in [3.05, 3.63) is 70.6 Å². The molecule has 1 aliphatic rings. The van der Waals surface area contributed by atoms with Crippen molar-refractivity contribution in [2.45, 2.75) is 31.7 Å². The summed E-state index contributed by atoms with van der Waals surface area (Å²) in [6.45, 7) is 0. The third-order valence-electron chi connectivity index (χ3n) is 5.09. The lowest BCUT2D eigenvalue weighted by Gasteiger charge is -2.24. The molecule has 1 aromatic heterocycles. The number of carboxylic acids is 1. The molecule has 1 saturated carbocycles. The summed E-state index contributed by atoms with van der Waals surface area (Å²) < 4.78 is 0. The molecule has 154 valence electrons. The van der Waals surface area contributed by atoms with Gasteiger partial charge in [-0.3, -0.25) is 14.5 Å². The largest absolute Gasteiger partial charge is 0.481 e. The van der Waals surface area contributed by atoms with Crippen LogP contribution < -0.4 is 4.90 Å². The summed E-state index contributed by atoms with van der Waals surface area (Å²) in [6, 6.07) is 17.1. The lowest BCUT2D eigenvalue weighted by molar-refractivity contribution is -0.140. The molecule has 0 bridgehead atoms. The first-order valence-corrected chi connectivity index (χ1v) is 11.1. The number of anilines is 1. The van der Waals surface area contributed by atoms with Crippen molar-refractivity contribution < 1.29 is 14.7 Å². The summed E-state index contributed by atoms with van der Waals surface area (Å²) in [7, 11) is 0. The van der Waals surface area contributed by atoms with E-state index >= 15 is 0 Å². The van der Waals surface area contributed by atoms with E-state index in [-0.39, 0.29) is 18.4 Å². The van der Waals surface area contributed by atoms with Gasteiger partial charge in [0.05, 0.1) is 18.0 Å². The fraction of sp³-hybridized carbons (Fsp3) is 0.261. The number of rotatable bonds is 8. The Labute approximate surface area is 183 Å². The van der Waals surface area contributed by atoms with Crippen molar-refractivity contribution in [1.82, 2.24) is 4.98 Å². The van der Waals surface area contributed by atoms with Crippen molar-refractivity contribution in [1.29, 1.82) is 0 Å². The molecule has 4 rings (SSSR count). The highest BCUT2D eigenvalue weighted by Crippen LogP contribution is 2.38. The molecule has 1 aliphatic carbocycles. The second kappa shape index (κ2) is 8.98. The number of carbonyl (C=O) groups is 2. The van der Waals surface area contributed by atoms with Gasteiger partial charge >= 0.3 is 5.97 Å². The second-order valence-corrected chi connectivity index (χ2v) is 8.66. The average molecular weight is 441 g/mol. The number of nitrogens with zero attached hydrogens (tertiary/aromatic N) is 2. The maximum Gasteiger partial charge on any atom is 0.304 e. The van der Waals surface area contributed by atoms with Crippen molar-refractivity contribution in [2.24, 2.45) is 5.92 Å². The Morgan fingerprint density at radius 1 is 1.13 bits per heavy atom. The first-order valence-electron chi connectivity index (χ1n) is 9.82. The molecule has 0 saturated heterocycles. The topological polar surface area (TPSA) is 70.5 Å². The molecule has 0 spiro atoms.